The molecule has 1 aromatic heterocycles. The van der Waals surface area contributed by atoms with Gasteiger partial charge in [0.25, 0.3) is 0 Å². The Bertz CT molecular complexity index is 595. The van der Waals surface area contributed by atoms with E-state index in [0.717, 1.165) is 16.7 Å². The summed E-state index contributed by atoms with van der Waals surface area (Å²) < 4.78 is 1.96. The summed E-state index contributed by atoms with van der Waals surface area (Å²) in [6.45, 7) is 6.75. The maximum atomic E-state index is 11.8. The molecule has 0 bridgehead atoms. The van der Waals surface area contributed by atoms with Crippen molar-refractivity contribution in [2.75, 3.05) is 12.3 Å². The second-order valence-electron chi connectivity index (χ2n) is 5.19. The van der Waals surface area contributed by atoms with E-state index in [1.807, 2.05) is 41.8 Å². The molecular formula is C15H20N4OS. The molecule has 0 radical (unpaired) electrons. The number of nitrogens with zero attached hydrogens (tertiary/aromatic N) is 3. The van der Waals surface area contributed by atoms with Crippen molar-refractivity contribution in [3.05, 3.63) is 36.2 Å². The van der Waals surface area contributed by atoms with Crippen molar-refractivity contribution < 1.29 is 4.79 Å². The van der Waals surface area contributed by atoms with Gasteiger partial charge in [0.05, 0.1) is 5.75 Å². The van der Waals surface area contributed by atoms with Gasteiger partial charge in [-0.2, -0.15) is 0 Å². The SMILES string of the molecule is Cc1nnc(SCC(=O)NCC(C)C)n1-c1ccccc1. The third-order valence-corrected chi connectivity index (χ3v) is 3.78. The largest absolute Gasteiger partial charge is 0.355 e. The highest BCUT2D eigenvalue weighted by Crippen LogP contribution is 2.21. The lowest BCUT2D eigenvalue weighted by molar-refractivity contribution is -0.118. The molecule has 2 aromatic rings. The lowest BCUT2D eigenvalue weighted by Crippen LogP contribution is -2.28. The fourth-order valence-corrected chi connectivity index (χ4v) is 2.64. The van der Waals surface area contributed by atoms with Crippen LogP contribution >= 0.6 is 11.8 Å². The van der Waals surface area contributed by atoms with Crippen LogP contribution < -0.4 is 5.32 Å². The molecule has 1 aromatic carbocycles. The molecule has 0 saturated carbocycles. The first-order chi connectivity index (χ1) is 10.1. The molecule has 0 aliphatic heterocycles. The number of carbonyl (C=O) groups is 1. The Hall–Kier alpha value is -1.82. The molecule has 112 valence electrons. The lowest BCUT2D eigenvalue weighted by atomic mass is 10.2. The molecule has 2 rings (SSSR count). The highest BCUT2D eigenvalue weighted by atomic mass is 32.2. The summed E-state index contributed by atoms with van der Waals surface area (Å²) in [7, 11) is 0. The van der Waals surface area contributed by atoms with Crippen molar-refractivity contribution in [2.45, 2.75) is 25.9 Å². The van der Waals surface area contributed by atoms with E-state index < -0.39 is 0 Å². The van der Waals surface area contributed by atoms with Crippen molar-refractivity contribution in [1.82, 2.24) is 20.1 Å². The minimum Gasteiger partial charge on any atom is -0.355 e. The molecule has 0 aliphatic rings. The smallest absolute Gasteiger partial charge is 0.230 e. The first-order valence-corrected chi connectivity index (χ1v) is 7.93. The van der Waals surface area contributed by atoms with Gasteiger partial charge in [-0.05, 0) is 25.0 Å². The fraction of sp³-hybridized carbons (Fsp3) is 0.400. The van der Waals surface area contributed by atoms with E-state index >= 15 is 0 Å². The quantitative estimate of drug-likeness (QED) is 0.833. The van der Waals surface area contributed by atoms with Gasteiger partial charge in [-0.15, -0.1) is 10.2 Å². The van der Waals surface area contributed by atoms with Crippen LogP contribution in [0.25, 0.3) is 5.69 Å². The summed E-state index contributed by atoms with van der Waals surface area (Å²) in [5.74, 6) is 1.63. The summed E-state index contributed by atoms with van der Waals surface area (Å²) >= 11 is 1.40. The standard InChI is InChI=1S/C15H20N4OS/c1-11(2)9-16-14(20)10-21-15-18-17-12(3)19(15)13-7-5-4-6-8-13/h4-8,11H,9-10H2,1-3H3,(H,16,20). The second kappa shape index (κ2) is 7.26. The number of rotatable bonds is 6. The monoisotopic (exact) mass is 304 g/mol. The van der Waals surface area contributed by atoms with Gasteiger partial charge in [0, 0.05) is 12.2 Å². The topological polar surface area (TPSA) is 59.8 Å². The molecule has 1 amide bonds. The van der Waals surface area contributed by atoms with Crippen LogP contribution in [0.1, 0.15) is 19.7 Å². The number of carbonyl (C=O) groups excluding carboxylic acids is 1. The summed E-state index contributed by atoms with van der Waals surface area (Å²) in [6, 6.07) is 9.91. The maximum absolute atomic E-state index is 11.8. The Morgan fingerprint density at radius 1 is 1.29 bits per heavy atom. The van der Waals surface area contributed by atoms with E-state index in [9.17, 15) is 4.79 Å². The summed E-state index contributed by atoms with van der Waals surface area (Å²) in [6.07, 6.45) is 0. The Morgan fingerprint density at radius 2 is 2.00 bits per heavy atom. The molecule has 0 fully saturated rings. The van der Waals surface area contributed by atoms with Crippen molar-refractivity contribution in [3.63, 3.8) is 0 Å². The van der Waals surface area contributed by atoms with Gasteiger partial charge in [0.15, 0.2) is 5.16 Å². The predicted molar refractivity (Wildman–Crippen MR) is 84.7 cm³/mol. The molecule has 0 saturated heterocycles. The normalized spacial score (nSPS) is 10.9. The van der Waals surface area contributed by atoms with Gasteiger partial charge in [0.1, 0.15) is 5.82 Å². The average Bonchev–Trinajstić information content (AvgIpc) is 2.84. The number of hydrogen-bond acceptors (Lipinski definition) is 4. The first-order valence-electron chi connectivity index (χ1n) is 6.95. The number of aryl methyl sites for hydroxylation is 1. The molecular weight excluding hydrogens is 284 g/mol. The molecule has 6 heteroatoms. The van der Waals surface area contributed by atoms with Crippen LogP contribution in [0.5, 0.6) is 0 Å². The van der Waals surface area contributed by atoms with Crippen LogP contribution in [0.4, 0.5) is 0 Å². The van der Waals surface area contributed by atoms with Crippen LogP contribution in [0.3, 0.4) is 0 Å². The summed E-state index contributed by atoms with van der Waals surface area (Å²) in [5, 5.41) is 11.9. The summed E-state index contributed by atoms with van der Waals surface area (Å²) in [4.78, 5) is 11.8. The van der Waals surface area contributed by atoms with Crippen molar-refractivity contribution in [2.24, 2.45) is 5.92 Å². The van der Waals surface area contributed by atoms with E-state index in [2.05, 4.69) is 29.4 Å². The van der Waals surface area contributed by atoms with E-state index in [0.29, 0.717) is 18.2 Å². The van der Waals surface area contributed by atoms with Crippen molar-refractivity contribution in [1.29, 1.82) is 0 Å². The Labute approximate surface area is 129 Å². The van der Waals surface area contributed by atoms with E-state index in [1.54, 1.807) is 0 Å². The predicted octanol–water partition coefficient (Wildman–Crippen LogP) is 2.44. The molecule has 0 unspecified atom stereocenters. The molecule has 0 spiro atoms. The van der Waals surface area contributed by atoms with Gasteiger partial charge in [-0.25, -0.2) is 0 Å². The third kappa shape index (κ3) is 4.32. The second-order valence-corrected chi connectivity index (χ2v) is 6.13. The lowest BCUT2D eigenvalue weighted by Gasteiger charge is -2.09. The minimum atomic E-state index is 0.0222. The Morgan fingerprint density at radius 3 is 2.67 bits per heavy atom. The molecule has 1 N–H and O–H groups in total. The van der Waals surface area contributed by atoms with Gasteiger partial charge in [0.2, 0.25) is 5.91 Å². The summed E-state index contributed by atoms with van der Waals surface area (Å²) in [5.41, 5.74) is 1.00. The maximum Gasteiger partial charge on any atom is 0.230 e. The molecule has 0 atom stereocenters. The number of benzene rings is 1. The molecule has 0 aliphatic carbocycles. The molecule has 5 nitrogen and oxygen atoms in total. The van der Waals surface area contributed by atoms with Crippen molar-refractivity contribution >= 4 is 17.7 Å². The molecule has 21 heavy (non-hydrogen) atoms. The van der Waals surface area contributed by atoms with Crippen LogP contribution in [-0.4, -0.2) is 33.0 Å². The number of nitrogens with one attached hydrogen (secondary N) is 1. The van der Waals surface area contributed by atoms with Gasteiger partial charge < -0.3 is 5.32 Å². The Kier molecular flexibility index (Phi) is 5.38. The van der Waals surface area contributed by atoms with Crippen LogP contribution in [0.2, 0.25) is 0 Å². The van der Waals surface area contributed by atoms with E-state index in [4.69, 9.17) is 0 Å². The van der Waals surface area contributed by atoms with Crippen LogP contribution in [-0.2, 0) is 4.79 Å². The average molecular weight is 304 g/mol. The number of thioether (sulfide) groups is 1. The van der Waals surface area contributed by atoms with Crippen molar-refractivity contribution in [3.8, 4) is 5.69 Å². The zero-order valence-corrected chi connectivity index (χ0v) is 13.4. The number of aromatic nitrogens is 3. The third-order valence-electron chi connectivity index (χ3n) is 2.85. The minimum absolute atomic E-state index is 0.0222. The highest BCUT2D eigenvalue weighted by molar-refractivity contribution is 7.99. The van der Waals surface area contributed by atoms with Gasteiger partial charge in [-0.1, -0.05) is 43.8 Å². The number of para-hydroxylation sites is 1. The van der Waals surface area contributed by atoms with Gasteiger partial charge >= 0.3 is 0 Å². The Balaban J connectivity index is 2.03. The van der Waals surface area contributed by atoms with Crippen LogP contribution in [0, 0.1) is 12.8 Å². The number of amides is 1. The first kappa shape index (κ1) is 15.6. The zero-order chi connectivity index (χ0) is 15.2. The van der Waals surface area contributed by atoms with E-state index in [1.165, 1.54) is 11.8 Å². The van der Waals surface area contributed by atoms with E-state index in [-0.39, 0.29) is 5.91 Å². The number of hydrogen-bond donors (Lipinski definition) is 1. The molecule has 1 heterocycles. The van der Waals surface area contributed by atoms with Gasteiger partial charge in [-0.3, -0.25) is 9.36 Å². The highest BCUT2D eigenvalue weighted by Gasteiger charge is 2.13. The fourth-order valence-electron chi connectivity index (χ4n) is 1.81. The zero-order valence-electron chi connectivity index (χ0n) is 12.5. The van der Waals surface area contributed by atoms with Crippen LogP contribution in [0.15, 0.2) is 35.5 Å².